The van der Waals surface area contributed by atoms with Gasteiger partial charge in [-0.25, -0.2) is 0 Å². The number of halogens is 1. The van der Waals surface area contributed by atoms with E-state index in [1.165, 1.54) is 0 Å². The SMILES string of the molecule is OCC1(Nc2cccc(Br)c2)CCOCC1. The molecule has 16 heavy (non-hydrogen) atoms. The van der Waals surface area contributed by atoms with E-state index < -0.39 is 0 Å². The molecule has 0 radical (unpaired) electrons. The van der Waals surface area contributed by atoms with Crippen LogP contribution in [0.4, 0.5) is 5.69 Å². The summed E-state index contributed by atoms with van der Waals surface area (Å²) in [6.45, 7) is 1.56. The molecule has 1 fully saturated rings. The van der Waals surface area contributed by atoms with Crippen molar-refractivity contribution >= 4 is 21.6 Å². The summed E-state index contributed by atoms with van der Waals surface area (Å²) in [6.07, 6.45) is 1.69. The third-order valence-corrected chi connectivity index (χ3v) is 3.48. The fourth-order valence-electron chi connectivity index (χ4n) is 1.96. The first kappa shape index (κ1) is 11.9. The summed E-state index contributed by atoms with van der Waals surface area (Å²) in [5.41, 5.74) is 0.810. The molecule has 3 nitrogen and oxygen atoms in total. The average Bonchev–Trinajstić information content (AvgIpc) is 2.30. The molecule has 0 amide bonds. The minimum atomic E-state index is -0.223. The molecule has 0 atom stereocenters. The number of rotatable bonds is 3. The first-order chi connectivity index (χ1) is 7.74. The monoisotopic (exact) mass is 285 g/mol. The van der Waals surface area contributed by atoms with Gasteiger partial charge in [0.1, 0.15) is 0 Å². The molecule has 4 heteroatoms. The van der Waals surface area contributed by atoms with Crippen LogP contribution in [0.3, 0.4) is 0 Å². The number of benzene rings is 1. The van der Waals surface area contributed by atoms with Crippen LogP contribution >= 0.6 is 15.9 Å². The molecule has 1 aliphatic heterocycles. The number of ether oxygens (including phenoxy) is 1. The third kappa shape index (κ3) is 2.75. The fraction of sp³-hybridized carbons (Fsp3) is 0.500. The molecule has 0 bridgehead atoms. The topological polar surface area (TPSA) is 41.5 Å². The van der Waals surface area contributed by atoms with Crippen LogP contribution in [0.5, 0.6) is 0 Å². The van der Waals surface area contributed by atoms with Crippen LogP contribution in [-0.4, -0.2) is 30.5 Å². The van der Waals surface area contributed by atoms with Gasteiger partial charge in [-0.2, -0.15) is 0 Å². The standard InChI is InChI=1S/C12H16BrNO2/c13-10-2-1-3-11(8-10)14-12(9-15)4-6-16-7-5-12/h1-3,8,14-15H,4-7,9H2. The van der Waals surface area contributed by atoms with E-state index in [-0.39, 0.29) is 12.1 Å². The first-order valence-electron chi connectivity index (χ1n) is 5.46. The second kappa shape index (κ2) is 5.17. The molecule has 0 aromatic heterocycles. The molecular formula is C12H16BrNO2. The molecule has 1 aliphatic rings. The predicted octanol–water partition coefficient (Wildman–Crippen LogP) is 2.40. The van der Waals surface area contributed by atoms with E-state index in [1.54, 1.807) is 0 Å². The highest BCUT2D eigenvalue weighted by Gasteiger charge is 2.31. The Hall–Kier alpha value is -0.580. The third-order valence-electron chi connectivity index (χ3n) is 2.99. The fourth-order valence-corrected chi connectivity index (χ4v) is 2.36. The number of aliphatic hydroxyl groups excluding tert-OH is 1. The van der Waals surface area contributed by atoms with Crippen molar-refractivity contribution in [3.63, 3.8) is 0 Å². The molecule has 2 rings (SSSR count). The van der Waals surface area contributed by atoms with Crippen molar-refractivity contribution in [3.8, 4) is 0 Å². The van der Waals surface area contributed by atoms with Crippen LogP contribution in [-0.2, 0) is 4.74 Å². The summed E-state index contributed by atoms with van der Waals surface area (Å²) in [7, 11) is 0. The lowest BCUT2D eigenvalue weighted by Crippen LogP contribution is -2.46. The highest BCUT2D eigenvalue weighted by Crippen LogP contribution is 2.26. The van der Waals surface area contributed by atoms with Crippen molar-refractivity contribution < 1.29 is 9.84 Å². The van der Waals surface area contributed by atoms with Gasteiger partial charge in [0.2, 0.25) is 0 Å². The quantitative estimate of drug-likeness (QED) is 0.896. The first-order valence-corrected chi connectivity index (χ1v) is 6.26. The molecule has 1 saturated heterocycles. The number of hydrogen-bond acceptors (Lipinski definition) is 3. The lowest BCUT2D eigenvalue weighted by Gasteiger charge is -2.37. The Morgan fingerprint density at radius 3 is 2.75 bits per heavy atom. The maximum atomic E-state index is 9.54. The smallest absolute Gasteiger partial charge is 0.0663 e. The van der Waals surface area contributed by atoms with E-state index in [1.807, 2.05) is 24.3 Å². The summed E-state index contributed by atoms with van der Waals surface area (Å²) >= 11 is 3.44. The Labute approximate surface area is 104 Å². The van der Waals surface area contributed by atoms with Gasteiger partial charge >= 0.3 is 0 Å². The summed E-state index contributed by atoms with van der Waals surface area (Å²) < 4.78 is 6.37. The predicted molar refractivity (Wildman–Crippen MR) is 67.6 cm³/mol. The van der Waals surface area contributed by atoms with Gasteiger partial charge in [0.25, 0.3) is 0 Å². The minimum Gasteiger partial charge on any atom is -0.394 e. The maximum absolute atomic E-state index is 9.54. The van der Waals surface area contributed by atoms with E-state index in [0.717, 1.165) is 23.0 Å². The van der Waals surface area contributed by atoms with E-state index in [4.69, 9.17) is 4.74 Å². The number of anilines is 1. The summed E-state index contributed by atoms with van der Waals surface area (Å²) in [6, 6.07) is 8.00. The molecule has 1 aromatic carbocycles. The lowest BCUT2D eigenvalue weighted by molar-refractivity contribution is 0.0380. The Morgan fingerprint density at radius 1 is 1.38 bits per heavy atom. The lowest BCUT2D eigenvalue weighted by atomic mass is 9.90. The van der Waals surface area contributed by atoms with Gasteiger partial charge in [-0.1, -0.05) is 22.0 Å². The van der Waals surface area contributed by atoms with E-state index in [0.29, 0.717) is 13.2 Å². The van der Waals surface area contributed by atoms with Crippen LogP contribution < -0.4 is 5.32 Å². The molecule has 0 aliphatic carbocycles. The molecule has 0 spiro atoms. The van der Waals surface area contributed by atoms with E-state index in [9.17, 15) is 5.11 Å². The van der Waals surface area contributed by atoms with Gasteiger partial charge in [0, 0.05) is 23.4 Å². The van der Waals surface area contributed by atoms with Crippen LogP contribution in [0.25, 0.3) is 0 Å². The van der Waals surface area contributed by atoms with Crippen LogP contribution in [0.2, 0.25) is 0 Å². The molecule has 88 valence electrons. The van der Waals surface area contributed by atoms with Crippen molar-refractivity contribution in [1.29, 1.82) is 0 Å². The van der Waals surface area contributed by atoms with E-state index >= 15 is 0 Å². The Bertz CT molecular complexity index is 351. The highest BCUT2D eigenvalue weighted by atomic mass is 79.9. The molecule has 2 N–H and O–H groups in total. The van der Waals surface area contributed by atoms with Crippen LogP contribution in [0, 0.1) is 0 Å². The number of nitrogens with one attached hydrogen (secondary N) is 1. The summed E-state index contributed by atoms with van der Waals surface area (Å²) in [5, 5.41) is 13.0. The maximum Gasteiger partial charge on any atom is 0.0663 e. The molecule has 0 saturated carbocycles. The van der Waals surface area contributed by atoms with E-state index in [2.05, 4.69) is 21.2 Å². The zero-order chi connectivity index (χ0) is 11.4. The van der Waals surface area contributed by atoms with Crippen molar-refractivity contribution in [2.24, 2.45) is 0 Å². The molecule has 1 aromatic rings. The van der Waals surface area contributed by atoms with Gasteiger partial charge < -0.3 is 15.2 Å². The largest absolute Gasteiger partial charge is 0.394 e. The van der Waals surface area contributed by atoms with Crippen molar-refractivity contribution in [2.75, 3.05) is 25.1 Å². The Kier molecular flexibility index (Phi) is 3.84. The average molecular weight is 286 g/mol. The number of aliphatic hydroxyl groups is 1. The zero-order valence-electron chi connectivity index (χ0n) is 9.08. The highest BCUT2D eigenvalue weighted by molar-refractivity contribution is 9.10. The second-order valence-electron chi connectivity index (χ2n) is 4.19. The van der Waals surface area contributed by atoms with Gasteiger partial charge in [0.15, 0.2) is 0 Å². The van der Waals surface area contributed by atoms with Crippen molar-refractivity contribution in [2.45, 2.75) is 18.4 Å². The minimum absolute atomic E-state index is 0.142. The van der Waals surface area contributed by atoms with Gasteiger partial charge in [-0.05, 0) is 31.0 Å². The van der Waals surface area contributed by atoms with Crippen LogP contribution in [0.15, 0.2) is 28.7 Å². The Balaban J connectivity index is 2.11. The van der Waals surface area contributed by atoms with Gasteiger partial charge in [-0.3, -0.25) is 0 Å². The van der Waals surface area contributed by atoms with Crippen LogP contribution in [0.1, 0.15) is 12.8 Å². The van der Waals surface area contributed by atoms with Crippen molar-refractivity contribution in [1.82, 2.24) is 0 Å². The number of hydrogen-bond donors (Lipinski definition) is 2. The van der Waals surface area contributed by atoms with Crippen molar-refractivity contribution in [3.05, 3.63) is 28.7 Å². The Morgan fingerprint density at radius 2 is 2.12 bits per heavy atom. The molecule has 1 heterocycles. The van der Waals surface area contributed by atoms with Gasteiger partial charge in [-0.15, -0.1) is 0 Å². The summed E-state index contributed by atoms with van der Waals surface area (Å²) in [5.74, 6) is 0. The zero-order valence-corrected chi connectivity index (χ0v) is 10.7. The van der Waals surface area contributed by atoms with Gasteiger partial charge in [0.05, 0.1) is 12.1 Å². The summed E-state index contributed by atoms with van der Waals surface area (Å²) in [4.78, 5) is 0. The molecular weight excluding hydrogens is 270 g/mol. The second-order valence-corrected chi connectivity index (χ2v) is 5.10. The molecule has 0 unspecified atom stereocenters. The normalized spacial score (nSPS) is 19.4.